The Balaban J connectivity index is 1.75. The molecule has 1 saturated carbocycles. The molecule has 1 N–H and O–H groups in total. The minimum Gasteiger partial charge on any atom is -0.487 e. The fraction of sp³-hybridized carbons (Fsp3) is 0.429. The first-order valence-corrected chi connectivity index (χ1v) is 11.2. The van der Waals surface area contributed by atoms with Crippen LogP contribution < -0.4 is 9.46 Å². The maximum Gasteiger partial charge on any atom is 0.214 e. The summed E-state index contributed by atoms with van der Waals surface area (Å²) in [6.07, 6.45) is 4.67. The fourth-order valence-corrected chi connectivity index (χ4v) is 4.30. The number of nitriles is 1. The van der Waals surface area contributed by atoms with Gasteiger partial charge in [0.25, 0.3) is 0 Å². The van der Waals surface area contributed by atoms with Gasteiger partial charge in [-0.1, -0.05) is 6.42 Å². The molecular weight excluding hydrogens is 393 g/mol. The standard InChI is InChI=1S/C21H24FN3O3S/c1-14(2)29(26,27)25-20-5-3-4-6-21(20)28-17-8-10-19(24-13-17)18-9-7-16(22)11-15(18)12-23/h7-11,13-14,20-21,25H,3-6H2,1-2H3/t20-,21+/m0/s1. The van der Waals surface area contributed by atoms with Crippen LogP contribution in [-0.4, -0.2) is 30.8 Å². The van der Waals surface area contributed by atoms with Crippen LogP contribution in [-0.2, 0) is 10.0 Å². The highest BCUT2D eigenvalue weighted by Gasteiger charge is 2.31. The van der Waals surface area contributed by atoms with E-state index in [-0.39, 0.29) is 17.7 Å². The molecule has 1 aliphatic carbocycles. The maximum atomic E-state index is 13.3. The van der Waals surface area contributed by atoms with Gasteiger partial charge in [-0.2, -0.15) is 5.26 Å². The second-order valence-corrected chi connectivity index (χ2v) is 9.71. The maximum absolute atomic E-state index is 13.3. The number of sulfonamides is 1. The number of nitrogens with one attached hydrogen (secondary N) is 1. The molecule has 0 aliphatic heterocycles. The summed E-state index contributed by atoms with van der Waals surface area (Å²) in [4.78, 5) is 4.34. The molecule has 0 amide bonds. The Hall–Kier alpha value is -2.50. The van der Waals surface area contributed by atoms with Crippen LogP contribution in [0.5, 0.6) is 5.75 Å². The molecule has 0 radical (unpaired) electrons. The van der Waals surface area contributed by atoms with E-state index in [1.165, 1.54) is 18.2 Å². The zero-order valence-corrected chi connectivity index (χ0v) is 17.2. The normalized spacial score (nSPS) is 19.7. The van der Waals surface area contributed by atoms with E-state index in [4.69, 9.17) is 4.74 Å². The van der Waals surface area contributed by atoms with E-state index in [0.29, 0.717) is 17.0 Å². The van der Waals surface area contributed by atoms with E-state index in [9.17, 15) is 18.1 Å². The largest absolute Gasteiger partial charge is 0.487 e. The molecule has 0 spiro atoms. The van der Waals surface area contributed by atoms with Crippen LogP contribution in [0.3, 0.4) is 0 Å². The first kappa shape index (κ1) is 21.2. The van der Waals surface area contributed by atoms with E-state index >= 15 is 0 Å². The zero-order chi connectivity index (χ0) is 21.0. The van der Waals surface area contributed by atoms with E-state index in [0.717, 1.165) is 25.7 Å². The summed E-state index contributed by atoms with van der Waals surface area (Å²) in [6.45, 7) is 3.29. The van der Waals surface area contributed by atoms with Crippen LogP contribution in [0.25, 0.3) is 11.3 Å². The number of rotatable bonds is 6. The predicted octanol–water partition coefficient (Wildman–Crippen LogP) is 3.78. The Kier molecular flexibility index (Phi) is 6.50. The number of aromatic nitrogens is 1. The van der Waals surface area contributed by atoms with Gasteiger partial charge < -0.3 is 4.74 Å². The number of pyridine rings is 1. The smallest absolute Gasteiger partial charge is 0.214 e. The molecule has 0 unspecified atom stereocenters. The summed E-state index contributed by atoms with van der Waals surface area (Å²) < 4.78 is 46.7. The van der Waals surface area contributed by atoms with Gasteiger partial charge in [0, 0.05) is 5.56 Å². The lowest BCUT2D eigenvalue weighted by Crippen LogP contribution is -2.49. The number of hydrogen-bond acceptors (Lipinski definition) is 5. The van der Waals surface area contributed by atoms with Gasteiger partial charge >= 0.3 is 0 Å². The van der Waals surface area contributed by atoms with Gasteiger partial charge in [0.15, 0.2) is 0 Å². The Morgan fingerprint density at radius 3 is 2.66 bits per heavy atom. The van der Waals surface area contributed by atoms with Crippen molar-refractivity contribution in [3.63, 3.8) is 0 Å². The van der Waals surface area contributed by atoms with Crippen molar-refractivity contribution in [3.05, 3.63) is 47.9 Å². The molecule has 6 nitrogen and oxygen atoms in total. The first-order valence-electron chi connectivity index (χ1n) is 9.64. The van der Waals surface area contributed by atoms with Crippen molar-refractivity contribution in [2.45, 2.75) is 56.9 Å². The summed E-state index contributed by atoms with van der Waals surface area (Å²) >= 11 is 0. The first-order chi connectivity index (χ1) is 13.8. The zero-order valence-electron chi connectivity index (χ0n) is 16.4. The number of benzene rings is 1. The average Bonchev–Trinajstić information content (AvgIpc) is 2.70. The second-order valence-electron chi connectivity index (χ2n) is 7.44. The van der Waals surface area contributed by atoms with Gasteiger partial charge in [0.2, 0.25) is 10.0 Å². The van der Waals surface area contributed by atoms with Crippen molar-refractivity contribution < 1.29 is 17.5 Å². The van der Waals surface area contributed by atoms with Crippen molar-refractivity contribution in [2.75, 3.05) is 0 Å². The Bertz CT molecular complexity index is 1000. The minimum absolute atomic E-state index is 0.210. The van der Waals surface area contributed by atoms with E-state index < -0.39 is 21.1 Å². The molecule has 2 aromatic rings. The van der Waals surface area contributed by atoms with Gasteiger partial charge in [-0.15, -0.1) is 0 Å². The molecule has 1 heterocycles. The van der Waals surface area contributed by atoms with Gasteiger partial charge in [-0.3, -0.25) is 4.98 Å². The van der Waals surface area contributed by atoms with E-state index in [1.807, 2.05) is 6.07 Å². The van der Waals surface area contributed by atoms with Crippen molar-refractivity contribution >= 4 is 10.0 Å². The molecule has 1 fully saturated rings. The summed E-state index contributed by atoms with van der Waals surface area (Å²) in [5.41, 5.74) is 1.29. The predicted molar refractivity (Wildman–Crippen MR) is 108 cm³/mol. The SMILES string of the molecule is CC(C)S(=O)(=O)N[C@H]1CCCC[C@H]1Oc1ccc(-c2ccc(F)cc2C#N)nc1. The van der Waals surface area contributed by atoms with Gasteiger partial charge in [0.1, 0.15) is 17.7 Å². The monoisotopic (exact) mass is 417 g/mol. The molecule has 1 aromatic carbocycles. The third-order valence-electron chi connectivity index (χ3n) is 5.04. The molecule has 0 bridgehead atoms. The van der Waals surface area contributed by atoms with Gasteiger partial charge in [-0.25, -0.2) is 17.5 Å². The number of nitrogens with zero attached hydrogens (tertiary/aromatic N) is 2. The van der Waals surface area contributed by atoms with Crippen molar-refractivity contribution in [1.82, 2.24) is 9.71 Å². The lowest BCUT2D eigenvalue weighted by atomic mass is 9.93. The third-order valence-corrected chi connectivity index (χ3v) is 6.91. The Labute approximate surface area is 170 Å². The highest BCUT2D eigenvalue weighted by Crippen LogP contribution is 2.27. The lowest BCUT2D eigenvalue weighted by molar-refractivity contribution is 0.124. The molecule has 29 heavy (non-hydrogen) atoms. The molecular formula is C21H24FN3O3S. The highest BCUT2D eigenvalue weighted by molar-refractivity contribution is 7.90. The summed E-state index contributed by atoms with van der Waals surface area (Å²) in [6, 6.07) is 9.12. The topological polar surface area (TPSA) is 92.1 Å². The highest BCUT2D eigenvalue weighted by atomic mass is 32.2. The molecule has 8 heteroatoms. The van der Waals surface area contributed by atoms with Crippen LogP contribution in [0, 0.1) is 17.1 Å². The van der Waals surface area contributed by atoms with E-state index in [1.54, 1.807) is 32.2 Å². The Morgan fingerprint density at radius 1 is 1.24 bits per heavy atom. The number of ether oxygens (including phenoxy) is 1. The molecule has 3 rings (SSSR count). The van der Waals surface area contributed by atoms with Crippen LogP contribution in [0.2, 0.25) is 0 Å². The number of hydrogen-bond donors (Lipinski definition) is 1. The average molecular weight is 418 g/mol. The molecule has 154 valence electrons. The van der Waals surface area contributed by atoms with Gasteiger partial charge in [0.05, 0.1) is 34.8 Å². The van der Waals surface area contributed by atoms with Crippen molar-refractivity contribution in [2.24, 2.45) is 0 Å². The van der Waals surface area contributed by atoms with Crippen molar-refractivity contribution in [1.29, 1.82) is 5.26 Å². The lowest BCUT2D eigenvalue weighted by Gasteiger charge is -2.32. The van der Waals surface area contributed by atoms with Gasteiger partial charge in [-0.05, 0) is 63.4 Å². The molecule has 1 aromatic heterocycles. The van der Waals surface area contributed by atoms with Crippen LogP contribution in [0.1, 0.15) is 45.1 Å². The molecule has 2 atom stereocenters. The summed E-state index contributed by atoms with van der Waals surface area (Å²) in [7, 11) is -3.38. The van der Waals surface area contributed by atoms with Crippen LogP contribution in [0.15, 0.2) is 36.5 Å². The van der Waals surface area contributed by atoms with Crippen LogP contribution >= 0.6 is 0 Å². The summed E-state index contributed by atoms with van der Waals surface area (Å²) in [5.74, 6) is 0.0486. The third kappa shape index (κ3) is 5.11. The number of halogens is 1. The van der Waals surface area contributed by atoms with E-state index in [2.05, 4.69) is 9.71 Å². The minimum atomic E-state index is -3.38. The molecule has 1 aliphatic rings. The summed E-state index contributed by atoms with van der Waals surface area (Å²) in [5, 5.41) is 8.71. The van der Waals surface area contributed by atoms with Crippen molar-refractivity contribution in [3.8, 4) is 23.1 Å². The quantitative estimate of drug-likeness (QED) is 0.772. The fourth-order valence-electron chi connectivity index (χ4n) is 3.34. The van der Waals surface area contributed by atoms with Crippen LogP contribution in [0.4, 0.5) is 4.39 Å². The molecule has 0 saturated heterocycles. The Morgan fingerprint density at radius 2 is 2.00 bits per heavy atom. The second kappa shape index (κ2) is 8.89.